The van der Waals surface area contributed by atoms with Crippen LogP contribution in [0, 0.1) is 0 Å². The maximum Gasteiger partial charge on any atom is 0.0793 e. The molecule has 1 heterocycles. The minimum atomic E-state index is 0.412. The van der Waals surface area contributed by atoms with Gasteiger partial charge in [0, 0.05) is 13.2 Å². The highest BCUT2D eigenvalue weighted by atomic mass is 15.3. The van der Waals surface area contributed by atoms with Gasteiger partial charge in [0.15, 0.2) is 0 Å². The van der Waals surface area contributed by atoms with E-state index in [1.807, 2.05) is 24.0 Å². The van der Waals surface area contributed by atoms with Crippen LogP contribution in [0.25, 0.3) is 0 Å². The second-order valence-electron chi connectivity index (χ2n) is 4.85. The normalized spacial score (nSPS) is 12.6. The van der Waals surface area contributed by atoms with E-state index < -0.39 is 0 Å². The molecule has 3 heteroatoms. The molecule has 0 fully saturated rings. The lowest BCUT2D eigenvalue weighted by atomic mass is 10.0. The highest BCUT2D eigenvalue weighted by molar-refractivity contribution is 5.05. The summed E-state index contributed by atoms with van der Waals surface area (Å²) in [5.74, 6) is 0. The highest BCUT2D eigenvalue weighted by Gasteiger charge is 2.12. The number of aryl methyl sites for hydroxylation is 1. The van der Waals surface area contributed by atoms with E-state index in [2.05, 4.69) is 30.0 Å². The molecule has 1 N–H and O–H groups in total. The molecule has 3 nitrogen and oxygen atoms in total. The molecule has 0 amide bonds. The first-order valence-electron chi connectivity index (χ1n) is 7.11. The molecular formula is C15H27N3. The van der Waals surface area contributed by atoms with Gasteiger partial charge < -0.3 is 5.32 Å². The van der Waals surface area contributed by atoms with Gasteiger partial charge in [0.25, 0.3) is 0 Å². The van der Waals surface area contributed by atoms with Gasteiger partial charge in [-0.15, -0.1) is 6.58 Å². The van der Waals surface area contributed by atoms with Crippen LogP contribution in [0.3, 0.4) is 0 Å². The van der Waals surface area contributed by atoms with E-state index in [-0.39, 0.29) is 0 Å². The highest BCUT2D eigenvalue weighted by Crippen LogP contribution is 2.18. The summed E-state index contributed by atoms with van der Waals surface area (Å²) in [6.45, 7) is 7.02. The molecule has 1 atom stereocenters. The average molecular weight is 249 g/mol. The maximum atomic E-state index is 4.52. The number of hydrogen-bond acceptors (Lipinski definition) is 2. The molecule has 0 aromatic carbocycles. The van der Waals surface area contributed by atoms with Crippen LogP contribution in [-0.2, 0) is 7.05 Å². The van der Waals surface area contributed by atoms with Crippen LogP contribution in [-0.4, -0.2) is 16.3 Å². The number of allylic oxidation sites excluding steroid dienone is 1. The summed E-state index contributed by atoms with van der Waals surface area (Å²) in [6, 6.07) is 2.53. The standard InChI is InChI=1S/C15H27N3/c1-4-6-7-8-9-10-14(16-12-5-2)15-11-13-18(3)17-15/h4,11,13-14,16H,1,5-10,12H2,2-3H3. The predicted molar refractivity (Wildman–Crippen MR) is 77.5 cm³/mol. The van der Waals surface area contributed by atoms with Crippen molar-refractivity contribution in [2.75, 3.05) is 6.54 Å². The molecule has 0 aliphatic rings. The van der Waals surface area contributed by atoms with Gasteiger partial charge in [-0.25, -0.2) is 0 Å². The number of rotatable bonds is 10. The largest absolute Gasteiger partial charge is 0.309 e. The van der Waals surface area contributed by atoms with Gasteiger partial charge in [0.1, 0.15) is 0 Å². The van der Waals surface area contributed by atoms with E-state index in [9.17, 15) is 0 Å². The monoisotopic (exact) mass is 249 g/mol. The summed E-state index contributed by atoms with van der Waals surface area (Å²) in [5.41, 5.74) is 1.18. The van der Waals surface area contributed by atoms with E-state index in [1.54, 1.807) is 0 Å². The lowest BCUT2D eigenvalue weighted by Crippen LogP contribution is -2.22. The summed E-state index contributed by atoms with van der Waals surface area (Å²) >= 11 is 0. The molecule has 1 aromatic heterocycles. The second kappa shape index (κ2) is 8.92. The molecule has 1 unspecified atom stereocenters. The summed E-state index contributed by atoms with van der Waals surface area (Å²) in [5, 5.41) is 8.11. The SMILES string of the molecule is C=CCCCCCC(NCCC)c1ccn(C)n1. The van der Waals surface area contributed by atoms with Crippen molar-refractivity contribution in [1.82, 2.24) is 15.1 Å². The maximum absolute atomic E-state index is 4.52. The molecule has 0 saturated heterocycles. The minimum absolute atomic E-state index is 0.412. The molecule has 18 heavy (non-hydrogen) atoms. The quantitative estimate of drug-likeness (QED) is 0.507. The van der Waals surface area contributed by atoms with E-state index in [0.717, 1.165) is 13.0 Å². The summed E-state index contributed by atoms with van der Waals surface area (Å²) in [6.07, 6.45) is 11.3. The van der Waals surface area contributed by atoms with Gasteiger partial charge in [-0.2, -0.15) is 5.10 Å². The van der Waals surface area contributed by atoms with Crippen molar-refractivity contribution in [3.05, 3.63) is 30.6 Å². The fraction of sp³-hybridized carbons (Fsp3) is 0.667. The summed E-state index contributed by atoms with van der Waals surface area (Å²) in [4.78, 5) is 0. The first-order valence-corrected chi connectivity index (χ1v) is 7.11. The van der Waals surface area contributed by atoms with Crippen molar-refractivity contribution < 1.29 is 0 Å². The number of nitrogens with one attached hydrogen (secondary N) is 1. The zero-order valence-corrected chi connectivity index (χ0v) is 11.9. The summed E-state index contributed by atoms with van der Waals surface area (Å²) in [7, 11) is 1.98. The van der Waals surface area contributed by atoms with E-state index in [0.29, 0.717) is 6.04 Å². The van der Waals surface area contributed by atoms with Crippen molar-refractivity contribution in [3.63, 3.8) is 0 Å². The lowest BCUT2D eigenvalue weighted by molar-refractivity contribution is 0.459. The Labute approximate surface area is 111 Å². The predicted octanol–water partition coefficient (Wildman–Crippen LogP) is 3.60. The third-order valence-electron chi connectivity index (χ3n) is 3.13. The third-order valence-corrected chi connectivity index (χ3v) is 3.13. The average Bonchev–Trinajstić information content (AvgIpc) is 2.79. The first kappa shape index (κ1) is 15.0. The molecule has 0 bridgehead atoms. The molecule has 0 spiro atoms. The molecule has 0 aliphatic carbocycles. The Morgan fingerprint density at radius 1 is 1.44 bits per heavy atom. The van der Waals surface area contributed by atoms with Crippen LogP contribution in [0.4, 0.5) is 0 Å². The van der Waals surface area contributed by atoms with E-state index >= 15 is 0 Å². The van der Waals surface area contributed by atoms with Crippen molar-refractivity contribution in [1.29, 1.82) is 0 Å². The second-order valence-corrected chi connectivity index (χ2v) is 4.85. The van der Waals surface area contributed by atoms with Gasteiger partial charge >= 0.3 is 0 Å². The Hall–Kier alpha value is -1.09. The molecule has 102 valence electrons. The van der Waals surface area contributed by atoms with Crippen LogP contribution in [0.5, 0.6) is 0 Å². The minimum Gasteiger partial charge on any atom is -0.309 e. The van der Waals surface area contributed by atoms with Crippen molar-refractivity contribution in [3.8, 4) is 0 Å². The van der Waals surface area contributed by atoms with E-state index in [4.69, 9.17) is 0 Å². The Balaban J connectivity index is 2.38. The number of aromatic nitrogens is 2. The van der Waals surface area contributed by atoms with Crippen molar-refractivity contribution in [2.45, 2.75) is 51.5 Å². The smallest absolute Gasteiger partial charge is 0.0793 e. The van der Waals surface area contributed by atoms with Gasteiger partial charge in [0.2, 0.25) is 0 Å². The van der Waals surface area contributed by atoms with Gasteiger partial charge in [-0.1, -0.05) is 25.8 Å². The van der Waals surface area contributed by atoms with Crippen LogP contribution >= 0.6 is 0 Å². The van der Waals surface area contributed by atoms with Crippen LogP contribution in [0.1, 0.15) is 57.2 Å². The summed E-state index contributed by atoms with van der Waals surface area (Å²) < 4.78 is 1.88. The molecule has 0 aliphatic heterocycles. The number of nitrogens with zero attached hydrogens (tertiary/aromatic N) is 2. The molecule has 1 rings (SSSR count). The Kier molecular flexibility index (Phi) is 7.42. The first-order chi connectivity index (χ1) is 8.77. The fourth-order valence-electron chi connectivity index (χ4n) is 2.11. The van der Waals surface area contributed by atoms with Gasteiger partial charge in [-0.05, 0) is 38.3 Å². The van der Waals surface area contributed by atoms with E-state index in [1.165, 1.54) is 37.8 Å². The van der Waals surface area contributed by atoms with Crippen molar-refractivity contribution >= 4 is 0 Å². The molecule has 0 saturated carbocycles. The third kappa shape index (κ3) is 5.50. The number of hydrogen-bond donors (Lipinski definition) is 1. The topological polar surface area (TPSA) is 29.9 Å². The number of unbranched alkanes of at least 4 members (excludes halogenated alkanes) is 3. The Morgan fingerprint density at radius 3 is 2.89 bits per heavy atom. The van der Waals surface area contributed by atoms with Crippen LogP contribution in [0.2, 0.25) is 0 Å². The lowest BCUT2D eigenvalue weighted by Gasteiger charge is -2.16. The van der Waals surface area contributed by atoms with Gasteiger partial charge in [-0.3, -0.25) is 4.68 Å². The molecule has 1 aromatic rings. The Bertz CT molecular complexity index is 330. The van der Waals surface area contributed by atoms with Crippen LogP contribution in [0.15, 0.2) is 24.9 Å². The molecular weight excluding hydrogens is 222 g/mol. The molecule has 0 radical (unpaired) electrons. The fourth-order valence-corrected chi connectivity index (χ4v) is 2.11. The zero-order chi connectivity index (χ0) is 13.2. The zero-order valence-electron chi connectivity index (χ0n) is 11.9. The Morgan fingerprint density at radius 2 is 2.28 bits per heavy atom. The van der Waals surface area contributed by atoms with Crippen molar-refractivity contribution in [2.24, 2.45) is 7.05 Å². The van der Waals surface area contributed by atoms with Crippen LogP contribution < -0.4 is 5.32 Å². The van der Waals surface area contributed by atoms with Gasteiger partial charge in [0.05, 0.1) is 11.7 Å².